The van der Waals surface area contributed by atoms with Gasteiger partial charge in [0.15, 0.2) is 34.5 Å². The van der Waals surface area contributed by atoms with E-state index >= 15 is 0 Å². The molecule has 0 aliphatic rings. The van der Waals surface area contributed by atoms with Crippen molar-refractivity contribution in [3.8, 4) is 40.2 Å². The molecule has 0 heterocycles. The molecule has 65 heteroatoms. The number of benzene rings is 3. The number of para-hydroxylation sites is 1. The zero-order valence-corrected chi connectivity index (χ0v) is 48.2. The van der Waals surface area contributed by atoms with Gasteiger partial charge in [-0.25, -0.2) is 0 Å². The average molecular weight is 1730 g/mol. The summed E-state index contributed by atoms with van der Waals surface area (Å²) in [5.74, 6) is -132. The average Bonchev–Trinajstić information content (AvgIpc) is 0.718. The Labute approximate surface area is 557 Å². The number of aromatic hydroxyl groups is 7. The first-order chi connectivity index (χ1) is 47.2. The number of carbonyl (C=O) groups is 3. The number of nitrogens with one attached hydrogen (secondary N) is 3. The molecule has 0 saturated carbocycles. The van der Waals surface area contributed by atoms with Crippen molar-refractivity contribution in [3.63, 3.8) is 0 Å². The van der Waals surface area contributed by atoms with Crippen molar-refractivity contribution in [1.29, 1.82) is 0 Å². The molecular weight excluding hydrogens is 1710 g/mol. The van der Waals surface area contributed by atoms with Crippen LogP contribution in [0.3, 0.4) is 0 Å². The third-order valence-corrected chi connectivity index (χ3v) is 11.9. The van der Waals surface area contributed by atoms with Gasteiger partial charge in [-0.3, -0.25) is 28.6 Å². The SMILES string of the molecule is O=C(Nc1cc(O)cc(O)c1O)C(F)(OC(F)(F)C(F)(OC(F)(F)C(F)(OC(F)(F)C(F)(F)C(F)(F)F)C(F)(F)F)C(F)(F)F)C(F)(F)F.O=C(Nc1ccc(O)c(O)c1)C(F)(F)C(F)(F)C(F)(F)C(F)(F)C(F)(F)C(F)(F)F.O=C(Nc1cccc(O)c1O)C(F)(F)C(F)(F)C(F)(F)C(F)(F)C(F)(F)C(F)(F)F. The minimum absolute atomic E-state index is 0.0656. The number of anilines is 3. The Morgan fingerprint density at radius 1 is 0.266 bits per heavy atom. The van der Waals surface area contributed by atoms with Crippen LogP contribution in [0.25, 0.3) is 0 Å². The summed E-state index contributed by atoms with van der Waals surface area (Å²) in [6, 6.07) is 2.61. The van der Waals surface area contributed by atoms with Crippen LogP contribution >= 0.6 is 0 Å². The molecule has 0 aromatic heterocycles. The second kappa shape index (κ2) is 28.8. The van der Waals surface area contributed by atoms with Crippen LogP contribution in [0.1, 0.15) is 0 Å². The van der Waals surface area contributed by atoms with Gasteiger partial charge in [-0.05, 0) is 24.3 Å². The van der Waals surface area contributed by atoms with E-state index in [9.17, 15) is 240 Å². The highest BCUT2D eigenvalue weighted by Crippen LogP contribution is 2.64. The minimum Gasteiger partial charge on any atom is -0.508 e. The van der Waals surface area contributed by atoms with Crippen LogP contribution in [0.5, 0.6) is 40.2 Å². The number of ether oxygens (including phenoxy) is 3. The Morgan fingerprint density at radius 3 is 0.927 bits per heavy atom. The summed E-state index contributed by atoms with van der Waals surface area (Å²) in [6.45, 7) is 0. The number of carbonyl (C=O) groups excluding carboxylic acids is 3. The lowest BCUT2D eigenvalue weighted by Crippen LogP contribution is -2.71. The summed E-state index contributed by atoms with van der Waals surface area (Å²) < 4.78 is 647. The monoisotopic (exact) mass is 1730 g/mol. The first kappa shape index (κ1) is 98.1. The van der Waals surface area contributed by atoms with E-state index in [1.165, 1.54) is 0 Å². The van der Waals surface area contributed by atoms with E-state index in [2.05, 4.69) is 0 Å². The van der Waals surface area contributed by atoms with E-state index in [0.29, 0.717) is 35.6 Å². The fourth-order valence-corrected chi connectivity index (χ4v) is 6.06. The molecule has 0 radical (unpaired) electrons. The molecule has 0 spiro atoms. The third-order valence-electron chi connectivity index (χ3n) is 11.9. The Bertz CT molecular complexity index is 3770. The van der Waals surface area contributed by atoms with E-state index in [0.717, 1.165) is 14.8 Å². The van der Waals surface area contributed by atoms with Gasteiger partial charge in [-0.1, -0.05) is 6.07 Å². The summed E-state index contributed by atoms with van der Waals surface area (Å²) in [5, 5.41) is 65.5. The van der Waals surface area contributed by atoms with E-state index in [-0.39, 0.29) is 23.5 Å². The molecule has 0 aliphatic carbocycles. The summed E-state index contributed by atoms with van der Waals surface area (Å²) in [5.41, 5.74) is -4.40. The summed E-state index contributed by atoms with van der Waals surface area (Å²) in [4.78, 5) is 34.3. The largest absolute Gasteiger partial charge is 0.508 e. The fourth-order valence-electron chi connectivity index (χ4n) is 6.06. The highest BCUT2D eigenvalue weighted by atomic mass is 19.5. The van der Waals surface area contributed by atoms with Crippen LogP contribution < -0.4 is 16.0 Å². The molecule has 0 fully saturated rings. The van der Waals surface area contributed by atoms with E-state index in [1.54, 1.807) is 4.74 Å². The second-order valence-corrected chi connectivity index (χ2v) is 19.5. The van der Waals surface area contributed by atoms with Gasteiger partial charge >= 0.3 is 150 Å². The van der Waals surface area contributed by atoms with Crippen molar-refractivity contribution in [2.45, 2.75) is 138 Å². The molecule has 10 N–H and O–H groups in total. The van der Waals surface area contributed by atoms with Crippen molar-refractivity contribution in [2.75, 3.05) is 16.0 Å². The maximum atomic E-state index is 14.7. The Hall–Kier alpha value is -8.88. The molecule has 16 nitrogen and oxygen atoms in total. The molecule has 0 saturated heterocycles. The zero-order chi connectivity index (χ0) is 87.9. The normalized spacial score (nSPS) is 16.3. The molecule has 3 aromatic rings. The molecular formula is C44H18F49N3O13. The van der Waals surface area contributed by atoms with Gasteiger partial charge in [0, 0.05) is 23.9 Å². The lowest BCUT2D eigenvalue weighted by atomic mass is 9.93. The number of amides is 3. The molecule has 3 unspecified atom stereocenters. The lowest BCUT2D eigenvalue weighted by molar-refractivity contribution is -0.577. The second-order valence-electron chi connectivity index (χ2n) is 19.5. The Kier molecular flexibility index (Phi) is 25.9. The minimum atomic E-state index is -8.85. The summed E-state index contributed by atoms with van der Waals surface area (Å²) in [6.07, 6.45) is -73.5. The van der Waals surface area contributed by atoms with Crippen molar-refractivity contribution in [3.05, 3.63) is 48.5 Å². The van der Waals surface area contributed by atoms with Gasteiger partial charge in [-0.15, -0.1) is 0 Å². The number of phenols is 7. The van der Waals surface area contributed by atoms with Crippen LogP contribution in [0.4, 0.5) is 232 Å². The van der Waals surface area contributed by atoms with Crippen molar-refractivity contribution in [2.24, 2.45) is 0 Å². The van der Waals surface area contributed by atoms with Crippen molar-refractivity contribution < 1.29 is 279 Å². The predicted octanol–water partition coefficient (Wildman–Crippen LogP) is 17.0. The van der Waals surface area contributed by atoms with Gasteiger partial charge in [-0.2, -0.15) is 215 Å². The topological polar surface area (TPSA) is 257 Å². The van der Waals surface area contributed by atoms with Gasteiger partial charge in [0.05, 0.1) is 11.4 Å². The van der Waals surface area contributed by atoms with Gasteiger partial charge in [0.1, 0.15) is 5.75 Å². The number of halogens is 49. The molecule has 3 rings (SSSR count). The lowest BCUT2D eigenvalue weighted by Gasteiger charge is -2.42. The molecule has 630 valence electrons. The Balaban J connectivity index is 0.000000859. The maximum absolute atomic E-state index is 14.7. The molecule has 0 bridgehead atoms. The smallest absolute Gasteiger partial charge is 0.462 e. The van der Waals surface area contributed by atoms with Crippen LogP contribution in [-0.4, -0.2) is 192 Å². The molecule has 3 aromatic carbocycles. The number of phenolic OH excluding ortho intramolecular Hbond substituents is 7. The van der Waals surface area contributed by atoms with Crippen LogP contribution in [0.15, 0.2) is 48.5 Å². The summed E-state index contributed by atoms with van der Waals surface area (Å²) in [7, 11) is 0. The van der Waals surface area contributed by atoms with Gasteiger partial charge in [0.25, 0.3) is 5.91 Å². The zero-order valence-electron chi connectivity index (χ0n) is 48.2. The molecule has 0 aliphatic heterocycles. The van der Waals surface area contributed by atoms with E-state index < -0.39 is 213 Å². The Morgan fingerprint density at radius 2 is 0.587 bits per heavy atom. The van der Waals surface area contributed by atoms with Gasteiger partial charge in [0.2, 0.25) is 0 Å². The quantitative estimate of drug-likeness (QED) is 0.0241. The van der Waals surface area contributed by atoms with Crippen LogP contribution in [-0.2, 0) is 28.6 Å². The molecule has 3 amide bonds. The fraction of sp³-hybridized carbons (Fsp3) is 0.523. The standard InChI is InChI=1S/C18H6F23NO7.2C13H6F13NO3/c19-8(12(24,25)26,7(46)42-4-1-3(43)2-5(44)6(4)45)47-17(38,39)10(22,14(30,31)32)49-18(40,41)11(23,15(33,34)35)48-16(36,37)9(20,21)13(27,28)29;14-8(15,7(30)27-4-1-2-5(28)6(29)3-4)9(16,17)10(18,19)11(20,21)12(22,23)13(24,25)26;14-8(15,7(30)27-4-2-1-3-5(28)6(4)29)9(16,17)10(18,19)11(20,21)12(22,23)13(24,25)26/h1-2,43-45H,(H,42,46);2*1-3,28-29H,(H,27,30). The van der Waals surface area contributed by atoms with Crippen molar-refractivity contribution in [1.82, 2.24) is 0 Å². The number of hydrogen-bond acceptors (Lipinski definition) is 13. The first-order valence-electron chi connectivity index (χ1n) is 24.3. The third kappa shape index (κ3) is 16.9. The first-order valence-corrected chi connectivity index (χ1v) is 24.3. The predicted molar refractivity (Wildman–Crippen MR) is 237 cm³/mol. The van der Waals surface area contributed by atoms with Crippen LogP contribution in [0, 0.1) is 0 Å². The highest BCUT2D eigenvalue weighted by Gasteiger charge is 2.94. The maximum Gasteiger partial charge on any atom is 0.462 e. The van der Waals surface area contributed by atoms with Gasteiger partial charge < -0.3 is 51.7 Å². The number of hydrogen-bond donors (Lipinski definition) is 10. The van der Waals surface area contributed by atoms with Crippen molar-refractivity contribution >= 4 is 34.8 Å². The van der Waals surface area contributed by atoms with E-state index in [1.807, 2.05) is 0 Å². The molecule has 3 atom stereocenters. The number of rotatable bonds is 23. The summed E-state index contributed by atoms with van der Waals surface area (Å²) >= 11 is 0. The van der Waals surface area contributed by atoms with Crippen LogP contribution in [0.2, 0.25) is 0 Å². The highest BCUT2D eigenvalue weighted by molar-refractivity contribution is 5.99. The van der Waals surface area contributed by atoms with E-state index in [4.69, 9.17) is 25.5 Å². The molecule has 109 heavy (non-hydrogen) atoms. The number of alkyl halides is 49.